The van der Waals surface area contributed by atoms with E-state index in [4.69, 9.17) is 11.1 Å². The van der Waals surface area contributed by atoms with E-state index in [-0.39, 0.29) is 17.9 Å². The maximum absolute atomic E-state index is 12.4. The topological polar surface area (TPSA) is 112 Å². The number of rotatable bonds is 6. The molecular formula is C24H28N6O. The zero-order valence-corrected chi connectivity index (χ0v) is 18.0. The van der Waals surface area contributed by atoms with Gasteiger partial charge >= 0.3 is 0 Å². The number of carbonyl (C=O) groups is 1. The Kier molecular flexibility index (Phi) is 5.84. The summed E-state index contributed by atoms with van der Waals surface area (Å²) < 4.78 is 0. The molecule has 0 spiro atoms. The average molecular weight is 417 g/mol. The van der Waals surface area contributed by atoms with Crippen LogP contribution in [0.15, 0.2) is 47.9 Å². The molecule has 1 fully saturated rings. The van der Waals surface area contributed by atoms with Crippen LogP contribution in [0.1, 0.15) is 38.7 Å². The summed E-state index contributed by atoms with van der Waals surface area (Å²) in [5.74, 6) is 0.742. The van der Waals surface area contributed by atoms with Gasteiger partial charge < -0.3 is 15.6 Å². The molecule has 7 heteroatoms. The predicted molar refractivity (Wildman–Crippen MR) is 124 cm³/mol. The number of piperidine rings is 1. The van der Waals surface area contributed by atoms with E-state index >= 15 is 0 Å². The molecule has 7 nitrogen and oxygen atoms in total. The summed E-state index contributed by atoms with van der Waals surface area (Å²) in [6, 6.07) is 8.11. The first kappa shape index (κ1) is 20.8. The van der Waals surface area contributed by atoms with Crippen LogP contribution in [0.4, 0.5) is 5.82 Å². The molecule has 0 radical (unpaired) electrons. The molecule has 0 aromatic carbocycles. The first-order valence-electron chi connectivity index (χ1n) is 10.7. The minimum atomic E-state index is -0.264. The molecule has 0 atom stereocenters. The number of Topliss-reactive ketones (excluding diaryl/α,β-unsaturated/α-hetero) is 1. The van der Waals surface area contributed by atoms with E-state index in [0.29, 0.717) is 11.3 Å². The van der Waals surface area contributed by atoms with Gasteiger partial charge in [-0.1, -0.05) is 0 Å². The second-order valence-corrected chi connectivity index (χ2v) is 8.20. The first-order chi connectivity index (χ1) is 14.9. The molecule has 0 bridgehead atoms. The van der Waals surface area contributed by atoms with Crippen LogP contribution in [-0.4, -0.2) is 39.5 Å². The summed E-state index contributed by atoms with van der Waals surface area (Å²) in [5, 5.41) is 8.98. The molecule has 4 heterocycles. The van der Waals surface area contributed by atoms with Gasteiger partial charge in [-0.15, -0.1) is 0 Å². The van der Waals surface area contributed by atoms with Crippen LogP contribution >= 0.6 is 0 Å². The normalized spacial score (nSPS) is 15.1. The fourth-order valence-electron chi connectivity index (χ4n) is 3.88. The van der Waals surface area contributed by atoms with E-state index in [2.05, 4.69) is 25.9 Å². The maximum atomic E-state index is 12.4. The monoisotopic (exact) mass is 416 g/mol. The Balaban J connectivity index is 1.56. The van der Waals surface area contributed by atoms with Gasteiger partial charge in [0.15, 0.2) is 5.78 Å². The zero-order valence-electron chi connectivity index (χ0n) is 18.0. The molecule has 0 saturated carbocycles. The Labute approximate surface area is 181 Å². The van der Waals surface area contributed by atoms with Gasteiger partial charge in [-0.05, 0) is 68.5 Å². The van der Waals surface area contributed by atoms with Gasteiger partial charge in [0.05, 0.1) is 0 Å². The quantitative estimate of drug-likeness (QED) is 0.526. The Morgan fingerprint density at radius 2 is 1.94 bits per heavy atom. The number of allylic oxidation sites excluding steroid dienone is 2. The minimum absolute atomic E-state index is 0.0446. The van der Waals surface area contributed by atoms with Crippen LogP contribution in [0, 0.1) is 5.41 Å². The summed E-state index contributed by atoms with van der Waals surface area (Å²) in [6.07, 6.45) is 7.37. The van der Waals surface area contributed by atoms with Crippen molar-refractivity contribution < 1.29 is 4.79 Å². The first-order valence-corrected chi connectivity index (χ1v) is 10.7. The van der Waals surface area contributed by atoms with Crippen molar-refractivity contribution in [3.63, 3.8) is 0 Å². The van der Waals surface area contributed by atoms with Crippen molar-refractivity contribution in [1.29, 1.82) is 5.41 Å². The third-order valence-corrected chi connectivity index (χ3v) is 5.87. The van der Waals surface area contributed by atoms with E-state index in [1.54, 1.807) is 20.0 Å². The third kappa shape index (κ3) is 4.50. The van der Waals surface area contributed by atoms with E-state index in [1.165, 1.54) is 19.3 Å². The highest BCUT2D eigenvalue weighted by atomic mass is 16.1. The smallest absolute Gasteiger partial charge is 0.185 e. The molecule has 0 unspecified atom stereocenters. The number of H-pyrrole nitrogens is 1. The van der Waals surface area contributed by atoms with Gasteiger partial charge in [0.2, 0.25) is 0 Å². The number of aromatic amines is 1. The minimum Gasteiger partial charge on any atom is -0.402 e. The lowest BCUT2D eigenvalue weighted by Crippen LogP contribution is -2.30. The molecule has 1 aliphatic heterocycles. The largest absolute Gasteiger partial charge is 0.402 e. The van der Waals surface area contributed by atoms with E-state index < -0.39 is 0 Å². The van der Waals surface area contributed by atoms with Crippen LogP contribution < -0.4 is 10.6 Å². The van der Waals surface area contributed by atoms with Crippen LogP contribution in [0.3, 0.4) is 0 Å². The number of ketones is 1. The van der Waals surface area contributed by atoms with Crippen molar-refractivity contribution in [2.24, 2.45) is 5.73 Å². The highest BCUT2D eigenvalue weighted by molar-refractivity contribution is 6.45. The van der Waals surface area contributed by atoms with Crippen molar-refractivity contribution >= 4 is 28.3 Å². The summed E-state index contributed by atoms with van der Waals surface area (Å²) in [5.41, 5.74) is 10.3. The fourth-order valence-corrected chi connectivity index (χ4v) is 3.88. The lowest BCUT2D eigenvalue weighted by molar-refractivity contribution is -0.112. The Bertz CT molecular complexity index is 1170. The Morgan fingerprint density at radius 1 is 1.16 bits per heavy atom. The molecule has 160 valence electrons. The van der Waals surface area contributed by atoms with Crippen molar-refractivity contribution in [2.75, 3.05) is 18.0 Å². The van der Waals surface area contributed by atoms with Crippen LogP contribution in [0.2, 0.25) is 0 Å². The standard InChI is InChI=1S/C24H28N6O/c1-15(16(2)25)23(26)21(31)11-17-10-19-12-20(29-24(19)28-14-17)18-6-7-27-22(13-18)30-8-4-3-5-9-30/h6-7,10,12-14,26H,3-5,8-9,11,25H2,1-2H3,(H,28,29)/b16-15-,26-23?. The number of fused-ring (bicyclic) bond motifs is 1. The molecule has 4 rings (SSSR count). The highest BCUT2D eigenvalue weighted by Gasteiger charge is 2.16. The number of aromatic nitrogens is 3. The van der Waals surface area contributed by atoms with Crippen LogP contribution in [0.5, 0.6) is 0 Å². The summed E-state index contributed by atoms with van der Waals surface area (Å²) in [4.78, 5) is 27.2. The highest BCUT2D eigenvalue weighted by Crippen LogP contribution is 2.27. The second-order valence-electron chi connectivity index (χ2n) is 8.20. The number of nitrogens with zero attached hydrogens (tertiary/aromatic N) is 3. The lowest BCUT2D eigenvalue weighted by atomic mass is 10.0. The molecule has 1 saturated heterocycles. The fraction of sp³-hybridized carbons (Fsp3) is 0.333. The van der Waals surface area contributed by atoms with E-state index in [9.17, 15) is 4.79 Å². The van der Waals surface area contributed by atoms with Crippen LogP contribution in [0.25, 0.3) is 22.3 Å². The third-order valence-electron chi connectivity index (χ3n) is 5.87. The van der Waals surface area contributed by atoms with Gasteiger partial charge in [-0.25, -0.2) is 9.97 Å². The van der Waals surface area contributed by atoms with Crippen molar-refractivity contribution in [3.05, 3.63) is 53.5 Å². The van der Waals surface area contributed by atoms with Gasteiger partial charge in [-0.2, -0.15) is 0 Å². The van der Waals surface area contributed by atoms with Gasteiger partial charge in [-0.3, -0.25) is 10.2 Å². The molecule has 3 aromatic heterocycles. The van der Waals surface area contributed by atoms with Gasteiger partial charge in [0.25, 0.3) is 0 Å². The van der Waals surface area contributed by atoms with E-state index in [0.717, 1.165) is 46.8 Å². The second kappa shape index (κ2) is 8.71. The average Bonchev–Trinajstić information content (AvgIpc) is 3.22. The molecule has 1 aliphatic rings. The summed E-state index contributed by atoms with van der Waals surface area (Å²) >= 11 is 0. The SMILES string of the molecule is C/C(N)=C(\C)C(=N)C(=O)Cc1cnc2[nH]c(-c3ccnc(N4CCCCC4)c3)cc2c1. The summed E-state index contributed by atoms with van der Waals surface area (Å²) in [7, 11) is 0. The molecule has 31 heavy (non-hydrogen) atoms. The lowest BCUT2D eigenvalue weighted by Gasteiger charge is -2.27. The number of anilines is 1. The number of nitrogens with one attached hydrogen (secondary N) is 2. The summed E-state index contributed by atoms with van der Waals surface area (Å²) in [6.45, 7) is 5.50. The molecule has 0 aliphatic carbocycles. The van der Waals surface area contributed by atoms with Gasteiger partial charge in [0, 0.05) is 54.2 Å². The number of carbonyl (C=O) groups excluding carboxylic acids is 1. The van der Waals surface area contributed by atoms with Crippen LogP contribution in [-0.2, 0) is 11.2 Å². The zero-order chi connectivity index (χ0) is 22.0. The number of hydrogen-bond acceptors (Lipinski definition) is 6. The predicted octanol–water partition coefficient (Wildman–Crippen LogP) is 4.00. The van der Waals surface area contributed by atoms with Crippen molar-refractivity contribution in [3.8, 4) is 11.3 Å². The Hall–Kier alpha value is -3.48. The van der Waals surface area contributed by atoms with Gasteiger partial charge in [0.1, 0.15) is 17.2 Å². The van der Waals surface area contributed by atoms with Crippen molar-refractivity contribution in [1.82, 2.24) is 15.0 Å². The number of hydrogen-bond donors (Lipinski definition) is 3. The molecular weight excluding hydrogens is 388 g/mol. The van der Waals surface area contributed by atoms with Crippen molar-refractivity contribution in [2.45, 2.75) is 39.5 Å². The number of pyridine rings is 2. The number of nitrogens with two attached hydrogens (primary N) is 1. The Morgan fingerprint density at radius 3 is 2.68 bits per heavy atom. The molecule has 0 amide bonds. The maximum Gasteiger partial charge on any atom is 0.185 e. The van der Waals surface area contributed by atoms with E-state index in [1.807, 2.05) is 24.4 Å². The molecule has 3 aromatic rings. The molecule has 4 N–H and O–H groups in total.